The molecule has 0 fully saturated rings. The lowest BCUT2D eigenvalue weighted by molar-refractivity contribution is 0.0952. The molecule has 1 heterocycles. The van der Waals surface area contributed by atoms with Gasteiger partial charge in [0.15, 0.2) is 0 Å². The first-order valence-electron chi connectivity index (χ1n) is 5.87. The van der Waals surface area contributed by atoms with Crippen LogP contribution in [0, 0.1) is 6.92 Å². The molecule has 0 spiro atoms. The second-order valence-corrected chi connectivity index (χ2v) is 4.25. The number of furan rings is 1. The largest absolute Gasteiger partial charge is 0.464 e. The number of nitrogen functional groups attached to an aromatic ring is 1. The zero-order valence-corrected chi connectivity index (χ0v) is 10.7. The van der Waals surface area contributed by atoms with Crippen molar-refractivity contribution in [2.24, 2.45) is 5.84 Å². The van der Waals surface area contributed by atoms with Gasteiger partial charge in [-0.05, 0) is 33.0 Å². The zero-order chi connectivity index (χ0) is 12.8. The SMILES string of the molecule is CCCCN(C)Cc1cc(C(=O)NN)c(C)o1. The van der Waals surface area contributed by atoms with Crippen LogP contribution in [0.15, 0.2) is 10.5 Å². The van der Waals surface area contributed by atoms with Crippen LogP contribution in [0.3, 0.4) is 0 Å². The molecule has 0 radical (unpaired) electrons. The summed E-state index contributed by atoms with van der Waals surface area (Å²) in [6.45, 7) is 5.65. The van der Waals surface area contributed by atoms with Gasteiger partial charge in [-0.2, -0.15) is 0 Å². The van der Waals surface area contributed by atoms with E-state index in [2.05, 4.69) is 17.2 Å². The maximum absolute atomic E-state index is 11.4. The third kappa shape index (κ3) is 3.87. The van der Waals surface area contributed by atoms with E-state index in [4.69, 9.17) is 10.3 Å². The van der Waals surface area contributed by atoms with Crippen molar-refractivity contribution in [2.75, 3.05) is 13.6 Å². The Morgan fingerprint density at radius 3 is 2.88 bits per heavy atom. The molecule has 17 heavy (non-hydrogen) atoms. The van der Waals surface area contributed by atoms with Crippen LogP contribution < -0.4 is 11.3 Å². The van der Waals surface area contributed by atoms with E-state index in [0.717, 1.165) is 18.7 Å². The molecule has 1 aromatic rings. The summed E-state index contributed by atoms with van der Waals surface area (Å²) in [5, 5.41) is 0. The van der Waals surface area contributed by atoms with Gasteiger partial charge < -0.3 is 4.42 Å². The topological polar surface area (TPSA) is 71.5 Å². The smallest absolute Gasteiger partial charge is 0.268 e. The molecule has 0 atom stereocenters. The fourth-order valence-electron chi connectivity index (χ4n) is 1.70. The second kappa shape index (κ2) is 6.42. The summed E-state index contributed by atoms with van der Waals surface area (Å²) in [7, 11) is 2.04. The maximum atomic E-state index is 11.4. The number of nitrogens with two attached hydrogens (primary N) is 1. The summed E-state index contributed by atoms with van der Waals surface area (Å²) >= 11 is 0. The van der Waals surface area contributed by atoms with Crippen molar-refractivity contribution in [1.82, 2.24) is 10.3 Å². The monoisotopic (exact) mass is 239 g/mol. The third-order valence-electron chi connectivity index (χ3n) is 2.66. The predicted molar refractivity (Wildman–Crippen MR) is 66.3 cm³/mol. The van der Waals surface area contributed by atoms with Gasteiger partial charge in [0.05, 0.1) is 12.1 Å². The van der Waals surface area contributed by atoms with E-state index >= 15 is 0 Å². The van der Waals surface area contributed by atoms with Crippen LogP contribution >= 0.6 is 0 Å². The number of unbranched alkanes of at least 4 members (excludes halogenated alkanes) is 1. The zero-order valence-electron chi connectivity index (χ0n) is 10.7. The number of nitrogens with zero attached hydrogens (tertiary/aromatic N) is 1. The quantitative estimate of drug-likeness (QED) is 0.447. The second-order valence-electron chi connectivity index (χ2n) is 4.25. The molecule has 1 amide bonds. The lowest BCUT2D eigenvalue weighted by Crippen LogP contribution is -2.30. The molecule has 3 N–H and O–H groups in total. The van der Waals surface area contributed by atoms with Gasteiger partial charge in [-0.15, -0.1) is 0 Å². The summed E-state index contributed by atoms with van der Waals surface area (Å²) in [4.78, 5) is 13.6. The maximum Gasteiger partial charge on any atom is 0.268 e. The average molecular weight is 239 g/mol. The lowest BCUT2D eigenvalue weighted by atomic mass is 10.2. The molecule has 1 aromatic heterocycles. The Labute approximate surface area is 102 Å². The minimum absolute atomic E-state index is 0.311. The van der Waals surface area contributed by atoms with Crippen molar-refractivity contribution in [3.05, 3.63) is 23.2 Å². The van der Waals surface area contributed by atoms with Crippen LogP contribution in [0.25, 0.3) is 0 Å². The van der Waals surface area contributed by atoms with Crippen molar-refractivity contribution >= 4 is 5.91 Å². The standard InChI is InChI=1S/C12H21N3O2/c1-4-5-6-15(3)8-10-7-11(9(2)17-10)12(16)14-13/h7H,4-6,8,13H2,1-3H3,(H,14,16). The first-order valence-corrected chi connectivity index (χ1v) is 5.87. The first kappa shape index (κ1) is 13.7. The van der Waals surface area contributed by atoms with Crippen molar-refractivity contribution in [1.29, 1.82) is 0 Å². The van der Waals surface area contributed by atoms with E-state index in [1.54, 1.807) is 13.0 Å². The number of nitrogens with one attached hydrogen (secondary N) is 1. The van der Waals surface area contributed by atoms with Gasteiger partial charge in [0, 0.05) is 0 Å². The molecule has 96 valence electrons. The molecule has 0 saturated carbocycles. The number of carbonyl (C=O) groups is 1. The predicted octanol–water partition coefficient (Wildman–Crippen LogP) is 1.42. The number of hydrogen-bond acceptors (Lipinski definition) is 4. The van der Waals surface area contributed by atoms with E-state index in [-0.39, 0.29) is 5.91 Å². The molecular formula is C12H21N3O2. The van der Waals surface area contributed by atoms with Crippen LogP contribution in [0.2, 0.25) is 0 Å². The number of aryl methyl sites for hydroxylation is 1. The van der Waals surface area contributed by atoms with Gasteiger partial charge in [0.25, 0.3) is 5.91 Å². The lowest BCUT2D eigenvalue weighted by Gasteiger charge is -2.13. The normalized spacial score (nSPS) is 10.9. The number of carbonyl (C=O) groups excluding carboxylic acids is 1. The van der Waals surface area contributed by atoms with Crippen LogP contribution in [-0.2, 0) is 6.54 Å². The Kier molecular flexibility index (Phi) is 5.18. The number of hydrogen-bond donors (Lipinski definition) is 2. The van der Waals surface area contributed by atoms with Crippen molar-refractivity contribution in [3.63, 3.8) is 0 Å². The molecule has 0 unspecified atom stereocenters. The Morgan fingerprint density at radius 1 is 1.59 bits per heavy atom. The van der Waals surface area contributed by atoms with Gasteiger partial charge >= 0.3 is 0 Å². The van der Waals surface area contributed by atoms with E-state index in [1.807, 2.05) is 7.05 Å². The van der Waals surface area contributed by atoms with Gasteiger partial charge in [-0.1, -0.05) is 13.3 Å². The summed E-state index contributed by atoms with van der Waals surface area (Å²) in [6.07, 6.45) is 2.33. The van der Waals surface area contributed by atoms with Gasteiger partial charge in [-0.3, -0.25) is 15.1 Å². The molecule has 0 aromatic carbocycles. The average Bonchev–Trinajstić information content (AvgIpc) is 2.66. The highest BCUT2D eigenvalue weighted by atomic mass is 16.3. The molecule has 1 rings (SSSR count). The number of hydrazine groups is 1. The molecular weight excluding hydrogens is 218 g/mol. The summed E-state index contributed by atoms with van der Waals surface area (Å²) in [5.41, 5.74) is 2.62. The molecule has 5 heteroatoms. The summed E-state index contributed by atoms with van der Waals surface area (Å²) in [5.74, 6) is 6.18. The van der Waals surface area contributed by atoms with Gasteiger partial charge in [0.2, 0.25) is 0 Å². The van der Waals surface area contributed by atoms with Gasteiger partial charge in [0.1, 0.15) is 11.5 Å². The number of rotatable bonds is 6. The third-order valence-corrected chi connectivity index (χ3v) is 2.66. The Morgan fingerprint density at radius 2 is 2.29 bits per heavy atom. The summed E-state index contributed by atoms with van der Waals surface area (Å²) in [6, 6.07) is 1.75. The molecule has 0 aliphatic carbocycles. The van der Waals surface area contributed by atoms with Crippen LogP contribution in [0.5, 0.6) is 0 Å². The Hall–Kier alpha value is -1.33. The highest BCUT2D eigenvalue weighted by Crippen LogP contribution is 2.15. The van der Waals surface area contributed by atoms with Crippen molar-refractivity contribution in [2.45, 2.75) is 33.2 Å². The van der Waals surface area contributed by atoms with E-state index in [1.165, 1.54) is 6.42 Å². The molecule has 5 nitrogen and oxygen atoms in total. The molecule has 0 saturated heterocycles. The van der Waals surface area contributed by atoms with E-state index in [9.17, 15) is 4.79 Å². The van der Waals surface area contributed by atoms with Gasteiger partial charge in [-0.25, -0.2) is 5.84 Å². The Bertz CT molecular complexity index is 374. The van der Waals surface area contributed by atoms with E-state index in [0.29, 0.717) is 17.9 Å². The fraction of sp³-hybridized carbons (Fsp3) is 0.583. The van der Waals surface area contributed by atoms with Crippen LogP contribution in [-0.4, -0.2) is 24.4 Å². The molecule has 0 aliphatic heterocycles. The molecule has 0 aliphatic rings. The van der Waals surface area contributed by atoms with Crippen LogP contribution in [0.4, 0.5) is 0 Å². The van der Waals surface area contributed by atoms with Crippen molar-refractivity contribution < 1.29 is 9.21 Å². The minimum atomic E-state index is -0.311. The van der Waals surface area contributed by atoms with E-state index < -0.39 is 0 Å². The highest BCUT2D eigenvalue weighted by molar-refractivity contribution is 5.94. The first-order chi connectivity index (χ1) is 8.08. The fourth-order valence-corrected chi connectivity index (χ4v) is 1.70. The number of amides is 1. The summed E-state index contributed by atoms with van der Waals surface area (Å²) < 4.78 is 5.53. The van der Waals surface area contributed by atoms with Crippen LogP contribution in [0.1, 0.15) is 41.6 Å². The van der Waals surface area contributed by atoms with Crippen molar-refractivity contribution in [3.8, 4) is 0 Å². The highest BCUT2D eigenvalue weighted by Gasteiger charge is 2.14. The minimum Gasteiger partial charge on any atom is -0.464 e. The Balaban J connectivity index is 2.63. The molecule has 0 bridgehead atoms.